The fraction of sp³-hybridized carbons (Fsp3) is 0.533. The van der Waals surface area contributed by atoms with Gasteiger partial charge in [0.25, 0.3) is 5.69 Å². The minimum absolute atomic E-state index is 0.0943. The van der Waals surface area contributed by atoms with E-state index in [0.29, 0.717) is 12.0 Å². The molecule has 0 saturated carbocycles. The monoisotopic (exact) mass is 279 g/mol. The molecule has 0 unspecified atom stereocenters. The zero-order valence-corrected chi connectivity index (χ0v) is 12.4. The lowest BCUT2D eigenvalue weighted by atomic mass is 9.99. The van der Waals surface area contributed by atoms with Gasteiger partial charge in [-0.3, -0.25) is 14.9 Å². The van der Waals surface area contributed by atoms with Crippen LogP contribution in [0.4, 0.5) is 5.69 Å². The van der Waals surface area contributed by atoms with Crippen molar-refractivity contribution >= 4 is 11.7 Å². The van der Waals surface area contributed by atoms with Crippen LogP contribution in [-0.4, -0.2) is 17.5 Å². The Labute approximate surface area is 119 Å². The molecule has 0 aliphatic carbocycles. The molecule has 0 saturated heterocycles. The molecule has 1 aromatic carbocycles. The molecular weight excluding hydrogens is 258 g/mol. The lowest BCUT2D eigenvalue weighted by molar-refractivity contribution is -0.385. The predicted octanol–water partition coefficient (Wildman–Crippen LogP) is 3.46. The molecule has 5 nitrogen and oxygen atoms in total. The molecule has 0 amide bonds. The summed E-state index contributed by atoms with van der Waals surface area (Å²) in [7, 11) is 0. The Bertz CT molecular complexity index is 495. The second-order valence-corrected chi connectivity index (χ2v) is 5.37. The number of nitrogens with zero attached hydrogens (tertiary/aromatic N) is 1. The second kappa shape index (κ2) is 7.03. The highest BCUT2D eigenvalue weighted by molar-refractivity contribution is 5.71. The van der Waals surface area contributed by atoms with Crippen molar-refractivity contribution in [2.75, 3.05) is 6.61 Å². The Kier molecular flexibility index (Phi) is 5.67. The maximum absolute atomic E-state index is 11.3. The van der Waals surface area contributed by atoms with Crippen LogP contribution in [0.25, 0.3) is 0 Å². The SMILES string of the molecule is CC(C)C(=O)OCCc1ccc(C(C)C)cc1[N+](=O)[O-]. The summed E-state index contributed by atoms with van der Waals surface area (Å²) in [5, 5.41) is 11.1. The van der Waals surface area contributed by atoms with E-state index in [0.717, 1.165) is 5.56 Å². The van der Waals surface area contributed by atoms with Crippen molar-refractivity contribution in [1.29, 1.82) is 0 Å². The van der Waals surface area contributed by atoms with Crippen LogP contribution in [0.2, 0.25) is 0 Å². The third kappa shape index (κ3) is 4.33. The maximum Gasteiger partial charge on any atom is 0.308 e. The number of rotatable bonds is 6. The molecule has 0 atom stereocenters. The minimum Gasteiger partial charge on any atom is -0.465 e. The van der Waals surface area contributed by atoms with Crippen LogP contribution < -0.4 is 0 Å². The van der Waals surface area contributed by atoms with Crippen molar-refractivity contribution in [3.05, 3.63) is 39.4 Å². The molecule has 0 radical (unpaired) electrons. The van der Waals surface area contributed by atoms with Gasteiger partial charge >= 0.3 is 5.97 Å². The van der Waals surface area contributed by atoms with Gasteiger partial charge in [-0.1, -0.05) is 39.8 Å². The van der Waals surface area contributed by atoms with Crippen LogP contribution in [0.15, 0.2) is 18.2 Å². The van der Waals surface area contributed by atoms with Crippen LogP contribution in [0, 0.1) is 16.0 Å². The summed E-state index contributed by atoms with van der Waals surface area (Å²) < 4.78 is 5.06. The fourth-order valence-corrected chi connectivity index (χ4v) is 1.75. The highest BCUT2D eigenvalue weighted by Gasteiger charge is 2.16. The highest BCUT2D eigenvalue weighted by Crippen LogP contribution is 2.25. The van der Waals surface area contributed by atoms with Crippen molar-refractivity contribution in [2.45, 2.75) is 40.0 Å². The van der Waals surface area contributed by atoms with Gasteiger partial charge in [0.1, 0.15) is 0 Å². The van der Waals surface area contributed by atoms with E-state index in [1.54, 1.807) is 26.0 Å². The number of carbonyl (C=O) groups is 1. The Balaban J connectivity index is 2.79. The van der Waals surface area contributed by atoms with Gasteiger partial charge < -0.3 is 4.74 Å². The molecule has 0 fully saturated rings. The van der Waals surface area contributed by atoms with E-state index in [1.165, 1.54) is 0 Å². The summed E-state index contributed by atoms with van der Waals surface area (Å²) in [5.41, 5.74) is 1.62. The van der Waals surface area contributed by atoms with Crippen LogP contribution in [0.3, 0.4) is 0 Å². The predicted molar refractivity (Wildman–Crippen MR) is 76.7 cm³/mol. The number of esters is 1. The first-order valence-corrected chi connectivity index (χ1v) is 6.76. The molecule has 0 bridgehead atoms. The zero-order valence-electron chi connectivity index (χ0n) is 12.4. The molecular formula is C15H21NO4. The Morgan fingerprint density at radius 1 is 1.30 bits per heavy atom. The lowest BCUT2D eigenvalue weighted by Crippen LogP contribution is -2.14. The molecule has 0 aliphatic heterocycles. The van der Waals surface area contributed by atoms with E-state index in [4.69, 9.17) is 4.74 Å². The number of nitro benzene ring substituents is 1. The van der Waals surface area contributed by atoms with Crippen LogP contribution in [-0.2, 0) is 16.0 Å². The summed E-state index contributed by atoms with van der Waals surface area (Å²) in [6.45, 7) is 7.65. The van der Waals surface area contributed by atoms with Crippen LogP contribution in [0.1, 0.15) is 44.7 Å². The summed E-state index contributed by atoms with van der Waals surface area (Å²) in [6.07, 6.45) is 0.354. The summed E-state index contributed by atoms with van der Waals surface area (Å²) >= 11 is 0. The third-order valence-electron chi connectivity index (χ3n) is 3.06. The molecule has 0 heterocycles. The average molecular weight is 279 g/mol. The number of nitro groups is 1. The lowest BCUT2D eigenvalue weighted by Gasteiger charge is -2.10. The quantitative estimate of drug-likeness (QED) is 0.454. The Hall–Kier alpha value is -1.91. The van der Waals surface area contributed by atoms with Gasteiger partial charge in [-0.05, 0) is 11.5 Å². The summed E-state index contributed by atoms with van der Waals surface area (Å²) in [4.78, 5) is 22.1. The van der Waals surface area contributed by atoms with E-state index in [1.807, 2.05) is 19.9 Å². The van der Waals surface area contributed by atoms with Gasteiger partial charge in [0.2, 0.25) is 0 Å². The minimum atomic E-state index is -0.383. The smallest absolute Gasteiger partial charge is 0.308 e. The number of hydrogen-bond acceptors (Lipinski definition) is 4. The van der Waals surface area contributed by atoms with Gasteiger partial charge in [-0.2, -0.15) is 0 Å². The van der Waals surface area contributed by atoms with E-state index < -0.39 is 0 Å². The summed E-state index contributed by atoms with van der Waals surface area (Å²) in [6, 6.07) is 5.23. The van der Waals surface area contributed by atoms with Gasteiger partial charge in [0.15, 0.2) is 0 Å². The van der Waals surface area contributed by atoms with Crippen molar-refractivity contribution in [1.82, 2.24) is 0 Å². The van der Waals surface area contributed by atoms with E-state index >= 15 is 0 Å². The van der Waals surface area contributed by atoms with Crippen molar-refractivity contribution < 1.29 is 14.5 Å². The zero-order chi connectivity index (χ0) is 15.3. The highest BCUT2D eigenvalue weighted by atomic mass is 16.6. The Morgan fingerprint density at radius 3 is 2.45 bits per heavy atom. The first kappa shape index (κ1) is 16.1. The van der Waals surface area contributed by atoms with Crippen LogP contribution >= 0.6 is 0 Å². The molecule has 0 spiro atoms. The van der Waals surface area contributed by atoms with Gasteiger partial charge in [-0.15, -0.1) is 0 Å². The topological polar surface area (TPSA) is 69.4 Å². The standard InChI is InChI=1S/C15H21NO4/c1-10(2)13-6-5-12(14(9-13)16(18)19)7-8-20-15(17)11(3)4/h5-6,9-11H,7-8H2,1-4H3. The molecule has 5 heteroatoms. The van der Waals surface area contributed by atoms with Crippen molar-refractivity contribution in [3.8, 4) is 0 Å². The van der Waals surface area contributed by atoms with Gasteiger partial charge in [0.05, 0.1) is 17.4 Å². The third-order valence-corrected chi connectivity index (χ3v) is 3.06. The number of carbonyl (C=O) groups excluding carboxylic acids is 1. The van der Waals surface area contributed by atoms with E-state index in [-0.39, 0.29) is 35.0 Å². The van der Waals surface area contributed by atoms with E-state index in [9.17, 15) is 14.9 Å². The molecule has 0 aromatic heterocycles. The molecule has 20 heavy (non-hydrogen) atoms. The van der Waals surface area contributed by atoms with Gasteiger partial charge in [0, 0.05) is 18.1 Å². The molecule has 0 N–H and O–H groups in total. The van der Waals surface area contributed by atoms with Crippen molar-refractivity contribution in [2.24, 2.45) is 5.92 Å². The van der Waals surface area contributed by atoms with E-state index in [2.05, 4.69) is 0 Å². The Morgan fingerprint density at radius 2 is 1.95 bits per heavy atom. The average Bonchev–Trinajstić information content (AvgIpc) is 2.38. The van der Waals surface area contributed by atoms with Crippen molar-refractivity contribution in [3.63, 3.8) is 0 Å². The first-order valence-electron chi connectivity index (χ1n) is 6.76. The second-order valence-electron chi connectivity index (χ2n) is 5.37. The normalized spacial score (nSPS) is 10.9. The fourth-order valence-electron chi connectivity index (χ4n) is 1.75. The maximum atomic E-state index is 11.3. The number of hydrogen-bond donors (Lipinski definition) is 0. The summed E-state index contributed by atoms with van der Waals surface area (Å²) in [5.74, 6) is -0.235. The molecule has 1 rings (SSSR count). The first-order chi connectivity index (χ1) is 9.32. The molecule has 110 valence electrons. The number of ether oxygens (including phenoxy) is 1. The van der Waals surface area contributed by atoms with Crippen LogP contribution in [0.5, 0.6) is 0 Å². The largest absolute Gasteiger partial charge is 0.465 e. The van der Waals surface area contributed by atoms with Gasteiger partial charge in [-0.25, -0.2) is 0 Å². The number of benzene rings is 1. The molecule has 0 aliphatic rings. The molecule has 1 aromatic rings.